The molecular formula is C9H16O2. The maximum atomic E-state index is 8.77. The lowest BCUT2D eigenvalue weighted by Gasteiger charge is -2.19. The molecule has 0 aromatic rings. The first kappa shape index (κ1) is 8.75. The normalized spacial score (nSPS) is 22.2. The van der Waals surface area contributed by atoms with Crippen LogP contribution in [-0.4, -0.2) is 24.9 Å². The lowest BCUT2D eigenvalue weighted by Crippen LogP contribution is -2.14. The number of hydrogen-bond acceptors (Lipinski definition) is 2. The van der Waals surface area contributed by atoms with Crippen molar-refractivity contribution in [1.29, 1.82) is 0 Å². The molecule has 0 saturated carbocycles. The Morgan fingerprint density at radius 2 is 2.18 bits per heavy atom. The van der Waals surface area contributed by atoms with E-state index in [0.29, 0.717) is 5.92 Å². The highest BCUT2D eigenvalue weighted by molar-refractivity contribution is 5.01. The Morgan fingerprint density at radius 3 is 2.73 bits per heavy atom. The van der Waals surface area contributed by atoms with Gasteiger partial charge in [0.2, 0.25) is 0 Å². The number of allylic oxidation sites excluding steroid dienone is 1. The van der Waals surface area contributed by atoms with Crippen LogP contribution in [0.4, 0.5) is 0 Å². The van der Waals surface area contributed by atoms with Gasteiger partial charge in [-0.05, 0) is 25.7 Å². The minimum Gasteiger partial charge on any atom is -0.392 e. The predicted octanol–water partition coefficient (Wildman–Crippen LogP) is 1.35. The van der Waals surface area contributed by atoms with Gasteiger partial charge in [0.05, 0.1) is 6.61 Å². The number of ether oxygens (including phenoxy) is 1. The summed E-state index contributed by atoms with van der Waals surface area (Å²) in [6, 6.07) is 0. The van der Waals surface area contributed by atoms with Gasteiger partial charge in [-0.15, -0.1) is 0 Å². The highest BCUT2D eigenvalue weighted by atomic mass is 16.5. The van der Waals surface area contributed by atoms with Crippen molar-refractivity contribution in [2.24, 2.45) is 5.92 Å². The van der Waals surface area contributed by atoms with Crippen LogP contribution in [0.2, 0.25) is 0 Å². The fourth-order valence-corrected chi connectivity index (χ4v) is 1.34. The molecule has 0 aromatic heterocycles. The molecule has 0 atom stereocenters. The van der Waals surface area contributed by atoms with E-state index in [-0.39, 0.29) is 6.61 Å². The van der Waals surface area contributed by atoms with Crippen LogP contribution in [-0.2, 0) is 4.74 Å². The highest BCUT2D eigenvalue weighted by Gasteiger charge is 2.10. The van der Waals surface area contributed by atoms with Crippen LogP contribution in [0.25, 0.3) is 0 Å². The van der Waals surface area contributed by atoms with Crippen LogP contribution in [0.15, 0.2) is 11.6 Å². The van der Waals surface area contributed by atoms with Crippen molar-refractivity contribution in [3.8, 4) is 0 Å². The van der Waals surface area contributed by atoms with E-state index in [0.717, 1.165) is 31.6 Å². The molecular weight excluding hydrogens is 140 g/mol. The molecule has 0 radical (unpaired) electrons. The summed E-state index contributed by atoms with van der Waals surface area (Å²) < 4.78 is 5.22. The smallest absolute Gasteiger partial charge is 0.0639 e. The molecule has 1 saturated heterocycles. The molecule has 0 bridgehead atoms. The van der Waals surface area contributed by atoms with Crippen LogP contribution in [0.3, 0.4) is 0 Å². The maximum Gasteiger partial charge on any atom is 0.0639 e. The van der Waals surface area contributed by atoms with Crippen LogP contribution in [0.5, 0.6) is 0 Å². The van der Waals surface area contributed by atoms with Gasteiger partial charge in [-0.1, -0.05) is 11.6 Å². The van der Waals surface area contributed by atoms with E-state index in [1.807, 2.05) is 6.92 Å². The van der Waals surface area contributed by atoms with Gasteiger partial charge in [0.25, 0.3) is 0 Å². The standard InChI is InChI=1S/C9H16O2/c1-8(7-10)6-9-2-4-11-5-3-9/h6,9-10H,2-5,7H2,1H3. The summed E-state index contributed by atoms with van der Waals surface area (Å²) in [4.78, 5) is 0. The van der Waals surface area contributed by atoms with E-state index >= 15 is 0 Å². The van der Waals surface area contributed by atoms with Crippen molar-refractivity contribution in [2.75, 3.05) is 19.8 Å². The second-order valence-electron chi connectivity index (χ2n) is 3.12. The monoisotopic (exact) mass is 156 g/mol. The second kappa shape index (κ2) is 4.52. The average Bonchev–Trinajstić information content (AvgIpc) is 2.06. The van der Waals surface area contributed by atoms with Crippen LogP contribution in [0, 0.1) is 5.92 Å². The summed E-state index contributed by atoms with van der Waals surface area (Å²) in [7, 11) is 0. The first-order chi connectivity index (χ1) is 5.33. The van der Waals surface area contributed by atoms with Gasteiger partial charge in [0.15, 0.2) is 0 Å². The highest BCUT2D eigenvalue weighted by Crippen LogP contribution is 2.17. The largest absolute Gasteiger partial charge is 0.392 e. The third kappa shape index (κ3) is 3.04. The zero-order chi connectivity index (χ0) is 8.10. The molecule has 1 fully saturated rings. The maximum absolute atomic E-state index is 8.77. The van der Waals surface area contributed by atoms with E-state index in [1.165, 1.54) is 0 Å². The molecule has 2 nitrogen and oxygen atoms in total. The number of rotatable bonds is 2. The van der Waals surface area contributed by atoms with Crippen molar-refractivity contribution in [2.45, 2.75) is 19.8 Å². The molecule has 1 N–H and O–H groups in total. The minimum atomic E-state index is 0.192. The molecule has 1 heterocycles. The summed E-state index contributed by atoms with van der Waals surface area (Å²) >= 11 is 0. The zero-order valence-corrected chi connectivity index (χ0v) is 7.05. The van der Waals surface area contributed by atoms with Crippen molar-refractivity contribution in [1.82, 2.24) is 0 Å². The lowest BCUT2D eigenvalue weighted by molar-refractivity contribution is 0.0782. The van der Waals surface area contributed by atoms with Crippen molar-refractivity contribution < 1.29 is 9.84 Å². The molecule has 1 aliphatic heterocycles. The first-order valence-corrected chi connectivity index (χ1v) is 4.19. The van der Waals surface area contributed by atoms with E-state index in [1.54, 1.807) is 0 Å². The van der Waals surface area contributed by atoms with Gasteiger partial charge in [-0.3, -0.25) is 0 Å². The second-order valence-corrected chi connectivity index (χ2v) is 3.12. The van der Waals surface area contributed by atoms with Crippen LogP contribution >= 0.6 is 0 Å². The molecule has 0 aliphatic carbocycles. The molecule has 0 amide bonds. The summed E-state index contributed by atoms with van der Waals surface area (Å²) in [6.45, 7) is 3.91. The Kier molecular flexibility index (Phi) is 3.60. The lowest BCUT2D eigenvalue weighted by atomic mass is 9.98. The van der Waals surface area contributed by atoms with Crippen LogP contribution < -0.4 is 0 Å². The van der Waals surface area contributed by atoms with E-state index in [2.05, 4.69) is 6.08 Å². The van der Waals surface area contributed by atoms with Gasteiger partial charge < -0.3 is 9.84 Å². The molecule has 1 rings (SSSR count). The molecule has 2 heteroatoms. The first-order valence-electron chi connectivity index (χ1n) is 4.19. The summed E-state index contributed by atoms with van der Waals surface area (Å²) in [5, 5.41) is 8.77. The number of hydrogen-bond donors (Lipinski definition) is 1. The Labute approximate surface area is 67.9 Å². The van der Waals surface area contributed by atoms with Gasteiger partial charge in [0, 0.05) is 13.2 Å². The van der Waals surface area contributed by atoms with Gasteiger partial charge >= 0.3 is 0 Å². The number of aliphatic hydroxyl groups is 1. The third-order valence-electron chi connectivity index (χ3n) is 2.04. The molecule has 0 spiro atoms. The molecule has 11 heavy (non-hydrogen) atoms. The van der Waals surface area contributed by atoms with Crippen molar-refractivity contribution in [3.63, 3.8) is 0 Å². The summed E-state index contributed by atoms with van der Waals surface area (Å²) in [5.41, 5.74) is 1.08. The van der Waals surface area contributed by atoms with E-state index in [4.69, 9.17) is 9.84 Å². The quantitative estimate of drug-likeness (QED) is 0.611. The molecule has 0 unspecified atom stereocenters. The topological polar surface area (TPSA) is 29.5 Å². The Hall–Kier alpha value is -0.340. The minimum absolute atomic E-state index is 0.192. The van der Waals surface area contributed by atoms with Crippen molar-refractivity contribution >= 4 is 0 Å². The predicted molar refractivity (Wildman–Crippen MR) is 44.4 cm³/mol. The molecule has 64 valence electrons. The van der Waals surface area contributed by atoms with Gasteiger partial charge in [-0.2, -0.15) is 0 Å². The van der Waals surface area contributed by atoms with Gasteiger partial charge in [-0.25, -0.2) is 0 Å². The third-order valence-corrected chi connectivity index (χ3v) is 2.04. The Bertz CT molecular complexity index is 134. The van der Waals surface area contributed by atoms with E-state index < -0.39 is 0 Å². The fourth-order valence-electron chi connectivity index (χ4n) is 1.34. The molecule has 0 aromatic carbocycles. The van der Waals surface area contributed by atoms with Crippen LogP contribution in [0.1, 0.15) is 19.8 Å². The average molecular weight is 156 g/mol. The summed E-state index contributed by atoms with van der Waals surface area (Å²) in [6.07, 6.45) is 4.39. The Balaban J connectivity index is 2.34. The van der Waals surface area contributed by atoms with Gasteiger partial charge in [0.1, 0.15) is 0 Å². The summed E-state index contributed by atoms with van der Waals surface area (Å²) in [5.74, 6) is 0.635. The fraction of sp³-hybridized carbons (Fsp3) is 0.778. The molecule has 1 aliphatic rings. The van der Waals surface area contributed by atoms with Crippen molar-refractivity contribution in [3.05, 3.63) is 11.6 Å². The SMILES string of the molecule is CC(=CC1CCOCC1)CO. The number of aliphatic hydroxyl groups excluding tert-OH is 1. The van der Waals surface area contributed by atoms with E-state index in [9.17, 15) is 0 Å². The zero-order valence-electron chi connectivity index (χ0n) is 7.05. The Morgan fingerprint density at radius 1 is 1.55 bits per heavy atom.